The Bertz CT molecular complexity index is 880. The van der Waals surface area contributed by atoms with Crippen LogP contribution in [0.2, 0.25) is 0 Å². The van der Waals surface area contributed by atoms with Gasteiger partial charge in [-0.25, -0.2) is 5.48 Å². The summed E-state index contributed by atoms with van der Waals surface area (Å²) in [6.45, 7) is 2.05. The van der Waals surface area contributed by atoms with Gasteiger partial charge < -0.3 is 14.9 Å². The molecule has 2 amide bonds. The van der Waals surface area contributed by atoms with Crippen molar-refractivity contribution in [2.45, 2.75) is 13.5 Å². The lowest BCUT2D eigenvalue weighted by Gasteiger charge is -2.14. The van der Waals surface area contributed by atoms with E-state index < -0.39 is 0 Å². The topological polar surface area (TPSA) is 98.3 Å². The van der Waals surface area contributed by atoms with Crippen molar-refractivity contribution in [3.63, 3.8) is 0 Å². The van der Waals surface area contributed by atoms with E-state index in [0.29, 0.717) is 16.9 Å². The minimum atomic E-state index is -0.362. The van der Waals surface area contributed by atoms with Crippen LogP contribution in [0, 0.1) is 6.92 Å². The van der Waals surface area contributed by atoms with Gasteiger partial charge in [0, 0.05) is 18.2 Å². The average Bonchev–Trinajstić information content (AvgIpc) is 2.71. The fraction of sp³-hybridized carbons (Fsp3) is 0.250. The number of benzene rings is 2. The summed E-state index contributed by atoms with van der Waals surface area (Å²) in [6, 6.07) is 12.3. The molecule has 0 aliphatic rings. The van der Waals surface area contributed by atoms with Gasteiger partial charge in [0.2, 0.25) is 0 Å². The molecule has 2 aromatic carbocycles. The van der Waals surface area contributed by atoms with Crippen LogP contribution < -0.4 is 15.5 Å². The molecule has 0 fully saturated rings. The Balaban J connectivity index is 2.23. The molecule has 0 atom stereocenters. The Morgan fingerprint density at radius 1 is 1.11 bits per heavy atom. The summed E-state index contributed by atoms with van der Waals surface area (Å²) in [5.74, 6) is -0.0820. The van der Waals surface area contributed by atoms with Crippen LogP contribution in [0.3, 0.4) is 0 Å². The number of oxime groups is 1. The van der Waals surface area contributed by atoms with E-state index in [4.69, 9.17) is 9.57 Å². The highest BCUT2D eigenvalue weighted by atomic mass is 16.6. The SMILES string of the molecule is CNC(=O)/C(=N/OC)c1ccccc1COc1ccc(C(=O)NOC)cc1C. The summed E-state index contributed by atoms with van der Waals surface area (Å²) in [4.78, 5) is 33.4. The molecule has 8 heteroatoms. The largest absolute Gasteiger partial charge is 0.489 e. The summed E-state index contributed by atoms with van der Waals surface area (Å²) < 4.78 is 5.91. The summed E-state index contributed by atoms with van der Waals surface area (Å²) in [6.07, 6.45) is 0. The van der Waals surface area contributed by atoms with E-state index in [1.54, 1.807) is 30.3 Å². The highest BCUT2D eigenvalue weighted by molar-refractivity contribution is 6.45. The number of nitrogens with zero attached hydrogens (tertiary/aromatic N) is 1. The fourth-order valence-corrected chi connectivity index (χ4v) is 2.56. The Kier molecular flexibility index (Phi) is 7.53. The third kappa shape index (κ3) is 5.08. The third-order valence-electron chi connectivity index (χ3n) is 3.91. The number of rotatable bonds is 8. The van der Waals surface area contributed by atoms with Crippen LogP contribution in [0.1, 0.15) is 27.0 Å². The predicted octanol–water partition coefficient (Wildman–Crippen LogP) is 1.96. The highest BCUT2D eigenvalue weighted by Gasteiger charge is 2.17. The van der Waals surface area contributed by atoms with Gasteiger partial charge >= 0.3 is 0 Å². The zero-order valence-electron chi connectivity index (χ0n) is 16.2. The minimum Gasteiger partial charge on any atom is -0.489 e. The normalized spacial score (nSPS) is 10.9. The number of carbonyl (C=O) groups is 2. The van der Waals surface area contributed by atoms with Gasteiger partial charge in [-0.05, 0) is 36.2 Å². The fourth-order valence-electron chi connectivity index (χ4n) is 2.56. The lowest BCUT2D eigenvalue weighted by atomic mass is 10.0. The Hall–Kier alpha value is -3.39. The van der Waals surface area contributed by atoms with Crippen molar-refractivity contribution < 1.29 is 24.0 Å². The maximum atomic E-state index is 12.1. The third-order valence-corrected chi connectivity index (χ3v) is 3.91. The van der Waals surface area contributed by atoms with Gasteiger partial charge in [-0.2, -0.15) is 0 Å². The number of hydrogen-bond donors (Lipinski definition) is 2. The molecule has 8 nitrogen and oxygen atoms in total. The number of likely N-dealkylation sites (N-methyl/N-ethyl adjacent to an activating group) is 1. The van der Waals surface area contributed by atoms with Crippen molar-refractivity contribution in [3.05, 3.63) is 64.7 Å². The van der Waals surface area contributed by atoms with E-state index in [2.05, 4.69) is 20.8 Å². The summed E-state index contributed by atoms with van der Waals surface area (Å²) in [7, 11) is 4.28. The average molecular weight is 385 g/mol. The Labute approximate surface area is 163 Å². The molecule has 0 unspecified atom stereocenters. The van der Waals surface area contributed by atoms with Crippen molar-refractivity contribution in [3.8, 4) is 5.75 Å². The molecule has 2 rings (SSSR count). The first kappa shape index (κ1) is 20.9. The molecule has 2 aromatic rings. The van der Waals surface area contributed by atoms with E-state index in [1.807, 2.05) is 19.1 Å². The van der Waals surface area contributed by atoms with E-state index in [-0.39, 0.29) is 24.1 Å². The van der Waals surface area contributed by atoms with E-state index in [1.165, 1.54) is 21.3 Å². The maximum Gasteiger partial charge on any atom is 0.274 e. The van der Waals surface area contributed by atoms with Crippen LogP contribution >= 0.6 is 0 Å². The van der Waals surface area contributed by atoms with Gasteiger partial charge in [0.1, 0.15) is 19.5 Å². The molecule has 0 aliphatic carbocycles. The highest BCUT2D eigenvalue weighted by Crippen LogP contribution is 2.22. The van der Waals surface area contributed by atoms with E-state index in [9.17, 15) is 9.59 Å². The van der Waals surface area contributed by atoms with Gasteiger partial charge in [0.25, 0.3) is 11.8 Å². The van der Waals surface area contributed by atoms with Crippen LogP contribution in [-0.4, -0.2) is 38.8 Å². The molecule has 0 radical (unpaired) electrons. The molecule has 28 heavy (non-hydrogen) atoms. The van der Waals surface area contributed by atoms with Crippen LogP contribution in [-0.2, 0) is 21.1 Å². The van der Waals surface area contributed by atoms with Gasteiger partial charge in [-0.15, -0.1) is 0 Å². The van der Waals surface area contributed by atoms with Gasteiger partial charge in [-0.3, -0.25) is 14.4 Å². The molecular formula is C20H23N3O5. The standard InChI is InChI=1S/C20H23N3O5/c1-13-11-14(19(24)23-27-4)9-10-17(13)28-12-15-7-5-6-8-16(15)18(22-26-3)20(25)21-2/h5-11H,12H2,1-4H3,(H,21,25)(H,23,24)/b22-18+. The maximum absolute atomic E-state index is 12.1. The Morgan fingerprint density at radius 2 is 1.86 bits per heavy atom. The molecule has 148 valence electrons. The summed E-state index contributed by atoms with van der Waals surface area (Å²) in [5, 5.41) is 6.39. The van der Waals surface area contributed by atoms with Gasteiger partial charge in [-0.1, -0.05) is 29.4 Å². The van der Waals surface area contributed by atoms with E-state index in [0.717, 1.165) is 11.1 Å². The quantitative estimate of drug-likeness (QED) is 0.535. The second-order valence-electron chi connectivity index (χ2n) is 5.76. The monoisotopic (exact) mass is 385 g/mol. The zero-order valence-corrected chi connectivity index (χ0v) is 16.2. The van der Waals surface area contributed by atoms with Crippen LogP contribution in [0.5, 0.6) is 5.75 Å². The molecule has 0 saturated heterocycles. The van der Waals surface area contributed by atoms with Crippen LogP contribution in [0.15, 0.2) is 47.6 Å². The molecule has 0 aliphatic heterocycles. The number of ether oxygens (including phenoxy) is 1. The summed E-state index contributed by atoms with van der Waals surface area (Å²) >= 11 is 0. The number of hydroxylamine groups is 1. The number of nitrogens with one attached hydrogen (secondary N) is 2. The number of aryl methyl sites for hydroxylation is 1. The Morgan fingerprint density at radius 3 is 2.50 bits per heavy atom. The second-order valence-corrected chi connectivity index (χ2v) is 5.76. The molecule has 2 N–H and O–H groups in total. The van der Waals surface area contributed by atoms with Crippen LogP contribution in [0.25, 0.3) is 0 Å². The first-order valence-corrected chi connectivity index (χ1v) is 8.50. The number of carbonyl (C=O) groups excluding carboxylic acids is 2. The predicted molar refractivity (Wildman–Crippen MR) is 104 cm³/mol. The number of hydrogen-bond acceptors (Lipinski definition) is 6. The lowest BCUT2D eigenvalue weighted by Crippen LogP contribution is -2.29. The van der Waals surface area contributed by atoms with Crippen molar-refractivity contribution in [1.29, 1.82) is 0 Å². The van der Waals surface area contributed by atoms with Gasteiger partial charge in [0.05, 0.1) is 7.11 Å². The second kappa shape index (κ2) is 10.1. The summed E-state index contributed by atoms with van der Waals surface area (Å²) in [5.41, 5.74) is 5.06. The first-order valence-electron chi connectivity index (χ1n) is 8.50. The van der Waals surface area contributed by atoms with Crippen molar-refractivity contribution in [1.82, 2.24) is 10.8 Å². The van der Waals surface area contributed by atoms with E-state index >= 15 is 0 Å². The van der Waals surface area contributed by atoms with Crippen molar-refractivity contribution >= 4 is 17.5 Å². The smallest absolute Gasteiger partial charge is 0.274 e. The first-order chi connectivity index (χ1) is 13.5. The molecule has 0 bridgehead atoms. The minimum absolute atomic E-state index is 0.160. The zero-order chi connectivity index (χ0) is 20.5. The lowest BCUT2D eigenvalue weighted by molar-refractivity contribution is -0.114. The van der Waals surface area contributed by atoms with Crippen molar-refractivity contribution in [2.75, 3.05) is 21.3 Å². The molecule has 0 heterocycles. The van der Waals surface area contributed by atoms with Crippen LogP contribution in [0.4, 0.5) is 0 Å². The van der Waals surface area contributed by atoms with Crippen molar-refractivity contribution in [2.24, 2.45) is 5.16 Å². The van der Waals surface area contributed by atoms with Gasteiger partial charge in [0.15, 0.2) is 5.71 Å². The molecule has 0 spiro atoms. The molecular weight excluding hydrogens is 362 g/mol. The molecule has 0 aromatic heterocycles. The number of amides is 2. The molecule has 0 saturated carbocycles.